The second-order valence-electron chi connectivity index (χ2n) is 3.98. The second-order valence-corrected chi connectivity index (χ2v) is 4.83. The highest BCUT2D eigenvalue weighted by Gasteiger charge is 2.08. The van der Waals surface area contributed by atoms with Crippen molar-refractivity contribution in [3.63, 3.8) is 0 Å². The number of hydrogen-bond donors (Lipinski definition) is 1. The number of halogens is 1. The van der Waals surface area contributed by atoms with Crippen LogP contribution in [0, 0.1) is 0 Å². The summed E-state index contributed by atoms with van der Waals surface area (Å²) in [5.41, 5.74) is 0. The van der Waals surface area contributed by atoms with Crippen molar-refractivity contribution in [1.29, 1.82) is 0 Å². The van der Waals surface area contributed by atoms with Crippen LogP contribution in [0.5, 0.6) is 5.75 Å². The van der Waals surface area contributed by atoms with Gasteiger partial charge in [0, 0.05) is 6.04 Å². The summed E-state index contributed by atoms with van der Waals surface area (Å²) in [6.45, 7) is 4.15. The Balaban J connectivity index is 2.36. The molecule has 0 aliphatic rings. The van der Waals surface area contributed by atoms with Crippen LogP contribution in [0.3, 0.4) is 0 Å². The number of carbonyl (C=O) groups is 1. The number of para-hydroxylation sites is 1. The number of ether oxygens (including phenoxy) is 1. The van der Waals surface area contributed by atoms with E-state index >= 15 is 0 Å². The molecule has 1 rings (SSSR count). The van der Waals surface area contributed by atoms with Gasteiger partial charge < -0.3 is 10.1 Å². The van der Waals surface area contributed by atoms with E-state index in [4.69, 9.17) is 4.74 Å². The Kier molecular flexibility index (Phi) is 6.05. The van der Waals surface area contributed by atoms with Gasteiger partial charge in [0.05, 0.1) is 4.47 Å². The zero-order valence-corrected chi connectivity index (χ0v) is 11.8. The molecule has 0 aliphatic carbocycles. The van der Waals surface area contributed by atoms with E-state index in [0.29, 0.717) is 5.75 Å². The van der Waals surface area contributed by atoms with Gasteiger partial charge in [-0.1, -0.05) is 25.5 Å². The van der Waals surface area contributed by atoms with Gasteiger partial charge in [0.15, 0.2) is 6.61 Å². The Bertz CT molecular complexity index is 368. The Hall–Kier alpha value is -1.03. The fraction of sp³-hybridized carbons (Fsp3) is 0.462. The molecule has 0 spiro atoms. The SMILES string of the molecule is CCCC(C)NC(=O)COc1ccccc1Br. The van der Waals surface area contributed by atoms with Crippen LogP contribution in [0.2, 0.25) is 0 Å². The Morgan fingerprint density at radius 3 is 2.82 bits per heavy atom. The van der Waals surface area contributed by atoms with Crippen molar-refractivity contribution < 1.29 is 9.53 Å². The summed E-state index contributed by atoms with van der Waals surface area (Å²) in [5, 5.41) is 2.89. The van der Waals surface area contributed by atoms with E-state index in [1.165, 1.54) is 0 Å². The maximum atomic E-state index is 11.6. The highest BCUT2D eigenvalue weighted by Crippen LogP contribution is 2.23. The topological polar surface area (TPSA) is 38.3 Å². The normalized spacial score (nSPS) is 11.9. The lowest BCUT2D eigenvalue weighted by molar-refractivity contribution is -0.123. The lowest BCUT2D eigenvalue weighted by Gasteiger charge is -2.13. The van der Waals surface area contributed by atoms with Crippen LogP contribution in [0.4, 0.5) is 0 Å². The van der Waals surface area contributed by atoms with Crippen molar-refractivity contribution in [1.82, 2.24) is 5.32 Å². The van der Waals surface area contributed by atoms with Crippen molar-refractivity contribution >= 4 is 21.8 Å². The third kappa shape index (κ3) is 5.22. The minimum Gasteiger partial charge on any atom is -0.483 e. The third-order valence-corrected chi connectivity index (χ3v) is 2.98. The smallest absolute Gasteiger partial charge is 0.258 e. The first-order valence-electron chi connectivity index (χ1n) is 5.80. The Morgan fingerprint density at radius 1 is 1.47 bits per heavy atom. The first kappa shape index (κ1) is 14.0. The van der Waals surface area contributed by atoms with Gasteiger partial charge in [-0.25, -0.2) is 0 Å². The third-order valence-electron chi connectivity index (χ3n) is 2.32. The van der Waals surface area contributed by atoms with Crippen LogP contribution in [-0.4, -0.2) is 18.6 Å². The Labute approximate surface area is 111 Å². The van der Waals surface area contributed by atoms with Crippen LogP contribution in [0.25, 0.3) is 0 Å². The van der Waals surface area contributed by atoms with Crippen LogP contribution in [0.15, 0.2) is 28.7 Å². The van der Waals surface area contributed by atoms with E-state index in [1.54, 1.807) is 0 Å². The molecule has 0 bridgehead atoms. The maximum absolute atomic E-state index is 11.6. The minimum atomic E-state index is -0.0818. The predicted molar refractivity (Wildman–Crippen MR) is 72.1 cm³/mol. The lowest BCUT2D eigenvalue weighted by Crippen LogP contribution is -2.35. The summed E-state index contributed by atoms with van der Waals surface area (Å²) in [4.78, 5) is 11.6. The first-order valence-corrected chi connectivity index (χ1v) is 6.59. The van der Waals surface area contributed by atoms with Crippen LogP contribution >= 0.6 is 15.9 Å². The molecule has 1 aromatic carbocycles. The highest BCUT2D eigenvalue weighted by molar-refractivity contribution is 9.10. The number of benzene rings is 1. The molecule has 0 aliphatic heterocycles. The lowest BCUT2D eigenvalue weighted by atomic mass is 10.2. The van der Waals surface area contributed by atoms with Gasteiger partial charge in [-0.15, -0.1) is 0 Å². The molecular weight excluding hydrogens is 282 g/mol. The molecule has 17 heavy (non-hydrogen) atoms. The van der Waals surface area contributed by atoms with E-state index in [2.05, 4.69) is 28.2 Å². The van der Waals surface area contributed by atoms with Gasteiger partial charge in [0.1, 0.15) is 5.75 Å². The largest absolute Gasteiger partial charge is 0.483 e. The van der Waals surface area contributed by atoms with Gasteiger partial charge in [-0.2, -0.15) is 0 Å². The number of hydrogen-bond acceptors (Lipinski definition) is 2. The summed E-state index contributed by atoms with van der Waals surface area (Å²) >= 11 is 3.37. The molecule has 0 fully saturated rings. The van der Waals surface area contributed by atoms with Crippen molar-refractivity contribution in [2.45, 2.75) is 32.7 Å². The second kappa shape index (κ2) is 7.33. The van der Waals surface area contributed by atoms with E-state index in [-0.39, 0.29) is 18.6 Å². The molecule has 0 aromatic heterocycles. The molecular formula is C13H18BrNO2. The quantitative estimate of drug-likeness (QED) is 0.876. The van der Waals surface area contributed by atoms with Gasteiger partial charge in [0.2, 0.25) is 0 Å². The number of carbonyl (C=O) groups excluding carboxylic acids is 1. The zero-order chi connectivity index (χ0) is 12.7. The van der Waals surface area contributed by atoms with E-state index in [9.17, 15) is 4.79 Å². The van der Waals surface area contributed by atoms with Crippen LogP contribution in [0.1, 0.15) is 26.7 Å². The number of amides is 1. The van der Waals surface area contributed by atoms with E-state index in [1.807, 2.05) is 31.2 Å². The fourth-order valence-electron chi connectivity index (χ4n) is 1.53. The molecule has 1 atom stereocenters. The summed E-state index contributed by atoms with van der Waals surface area (Å²) < 4.78 is 6.27. The van der Waals surface area contributed by atoms with Crippen molar-refractivity contribution in [3.8, 4) is 5.75 Å². The molecule has 3 nitrogen and oxygen atoms in total. The number of rotatable bonds is 6. The molecule has 1 aromatic rings. The zero-order valence-electron chi connectivity index (χ0n) is 10.2. The predicted octanol–water partition coefficient (Wildman–Crippen LogP) is 3.13. The standard InChI is InChI=1S/C13H18BrNO2/c1-3-6-10(2)15-13(16)9-17-12-8-5-4-7-11(12)14/h4-5,7-8,10H,3,6,9H2,1-2H3,(H,15,16). The van der Waals surface area contributed by atoms with E-state index in [0.717, 1.165) is 17.3 Å². The van der Waals surface area contributed by atoms with Crippen molar-refractivity contribution in [2.75, 3.05) is 6.61 Å². The molecule has 4 heteroatoms. The molecule has 0 heterocycles. The van der Waals surface area contributed by atoms with Gasteiger partial charge in [-0.05, 0) is 41.4 Å². The maximum Gasteiger partial charge on any atom is 0.258 e. The summed E-state index contributed by atoms with van der Waals surface area (Å²) in [6.07, 6.45) is 2.05. The Morgan fingerprint density at radius 2 is 2.18 bits per heavy atom. The van der Waals surface area contributed by atoms with Crippen LogP contribution < -0.4 is 10.1 Å². The molecule has 0 radical (unpaired) electrons. The van der Waals surface area contributed by atoms with E-state index < -0.39 is 0 Å². The van der Waals surface area contributed by atoms with Gasteiger partial charge in [-0.3, -0.25) is 4.79 Å². The van der Waals surface area contributed by atoms with Crippen molar-refractivity contribution in [2.24, 2.45) is 0 Å². The molecule has 0 saturated heterocycles. The number of nitrogens with one attached hydrogen (secondary N) is 1. The average molecular weight is 300 g/mol. The molecule has 94 valence electrons. The highest BCUT2D eigenvalue weighted by atomic mass is 79.9. The van der Waals surface area contributed by atoms with Gasteiger partial charge in [0.25, 0.3) is 5.91 Å². The minimum absolute atomic E-state index is 0.0522. The average Bonchev–Trinajstić information content (AvgIpc) is 2.28. The first-order chi connectivity index (χ1) is 8.13. The molecule has 1 amide bonds. The summed E-state index contributed by atoms with van der Waals surface area (Å²) in [5.74, 6) is 0.604. The molecule has 1 N–H and O–H groups in total. The summed E-state index contributed by atoms with van der Waals surface area (Å²) in [7, 11) is 0. The fourth-order valence-corrected chi connectivity index (χ4v) is 1.93. The van der Waals surface area contributed by atoms with Gasteiger partial charge >= 0.3 is 0 Å². The molecule has 1 unspecified atom stereocenters. The monoisotopic (exact) mass is 299 g/mol. The molecule has 0 saturated carbocycles. The van der Waals surface area contributed by atoms with Crippen LogP contribution in [-0.2, 0) is 4.79 Å². The summed E-state index contributed by atoms with van der Waals surface area (Å²) in [6, 6.07) is 7.69. The van der Waals surface area contributed by atoms with Crippen molar-refractivity contribution in [3.05, 3.63) is 28.7 Å².